The molecule has 1 fully saturated rings. The Kier molecular flexibility index (Phi) is 3.82. The monoisotopic (exact) mass is 349 g/mol. The third-order valence-corrected chi connectivity index (χ3v) is 6.04. The molecule has 1 N–H and O–H groups in total. The van der Waals surface area contributed by atoms with Gasteiger partial charge in [-0.15, -0.1) is 11.3 Å². The lowest BCUT2D eigenvalue weighted by molar-refractivity contribution is 0.488. The quantitative estimate of drug-likeness (QED) is 0.549. The molecule has 124 valence electrons. The molecule has 0 saturated heterocycles. The van der Waals surface area contributed by atoms with Crippen LogP contribution < -0.4 is 0 Å². The van der Waals surface area contributed by atoms with Crippen molar-refractivity contribution in [1.82, 2.24) is 0 Å². The highest BCUT2D eigenvalue weighted by Crippen LogP contribution is 2.46. The Hall–Kier alpha value is -2.64. The average molecular weight is 349 g/mol. The van der Waals surface area contributed by atoms with Gasteiger partial charge in [-0.1, -0.05) is 12.1 Å². The minimum Gasteiger partial charge on any atom is -0.506 e. The molecule has 4 rings (SSSR count). The molecule has 25 heavy (non-hydrogen) atoms. The van der Waals surface area contributed by atoms with Crippen molar-refractivity contribution in [2.45, 2.75) is 26.2 Å². The number of allylic oxidation sites excluding steroid dienone is 1. The van der Waals surface area contributed by atoms with Gasteiger partial charge in [0.25, 0.3) is 0 Å². The third kappa shape index (κ3) is 2.52. The highest BCUT2D eigenvalue weighted by molar-refractivity contribution is 7.20. The largest absolute Gasteiger partial charge is 0.506 e. The van der Waals surface area contributed by atoms with E-state index < -0.39 is 0 Å². The zero-order chi connectivity index (χ0) is 17.6. The molecule has 1 aromatic heterocycles. The van der Waals surface area contributed by atoms with E-state index in [4.69, 9.17) is 0 Å². The Bertz CT molecular complexity index is 1070. The number of nitrogens with zero attached hydrogens (tertiary/aromatic N) is 1. The second kappa shape index (κ2) is 6.02. The van der Waals surface area contributed by atoms with E-state index in [0.717, 1.165) is 56.5 Å². The van der Waals surface area contributed by atoms with Crippen LogP contribution >= 0.6 is 11.3 Å². The lowest BCUT2D eigenvalue weighted by Gasteiger charge is -2.19. The van der Waals surface area contributed by atoms with Gasteiger partial charge in [0.1, 0.15) is 11.6 Å². The SMILES string of the molecule is Cc1c(C#N)cccc1-c1c(C(O)=C2CCC2)sc2cc(F)ccc12. The molecule has 0 spiro atoms. The summed E-state index contributed by atoms with van der Waals surface area (Å²) in [5.74, 6) is 0.0368. The molecule has 2 aromatic carbocycles. The summed E-state index contributed by atoms with van der Waals surface area (Å²) in [5.41, 5.74) is 4.36. The summed E-state index contributed by atoms with van der Waals surface area (Å²) >= 11 is 1.41. The minimum atomic E-state index is -0.287. The molecule has 4 heteroatoms. The summed E-state index contributed by atoms with van der Waals surface area (Å²) in [4.78, 5) is 0.772. The number of hydrogen-bond donors (Lipinski definition) is 1. The molecule has 0 bridgehead atoms. The van der Waals surface area contributed by atoms with Crippen molar-refractivity contribution in [1.29, 1.82) is 5.26 Å². The van der Waals surface area contributed by atoms with Crippen molar-refractivity contribution in [2.75, 3.05) is 0 Å². The van der Waals surface area contributed by atoms with Crippen LogP contribution in [0.4, 0.5) is 4.39 Å². The van der Waals surface area contributed by atoms with E-state index in [-0.39, 0.29) is 5.82 Å². The second-order valence-electron chi connectivity index (χ2n) is 6.34. The zero-order valence-electron chi connectivity index (χ0n) is 13.8. The summed E-state index contributed by atoms with van der Waals surface area (Å²) in [6.45, 7) is 1.91. The smallest absolute Gasteiger partial charge is 0.132 e. The lowest BCUT2D eigenvalue weighted by atomic mass is 9.88. The van der Waals surface area contributed by atoms with Crippen LogP contribution in [0.3, 0.4) is 0 Å². The number of benzene rings is 2. The van der Waals surface area contributed by atoms with Crippen LogP contribution in [0.15, 0.2) is 42.0 Å². The molecule has 3 aromatic rings. The van der Waals surface area contributed by atoms with E-state index in [0.29, 0.717) is 11.3 Å². The van der Waals surface area contributed by atoms with E-state index in [2.05, 4.69) is 6.07 Å². The van der Waals surface area contributed by atoms with Crippen LogP contribution in [0.2, 0.25) is 0 Å². The number of rotatable bonds is 2. The van der Waals surface area contributed by atoms with Gasteiger partial charge in [-0.3, -0.25) is 0 Å². The Morgan fingerprint density at radius 1 is 1.24 bits per heavy atom. The van der Waals surface area contributed by atoms with Gasteiger partial charge < -0.3 is 5.11 Å². The van der Waals surface area contributed by atoms with Gasteiger partial charge in [-0.05, 0) is 67.2 Å². The van der Waals surface area contributed by atoms with Crippen LogP contribution in [0.1, 0.15) is 35.3 Å². The van der Waals surface area contributed by atoms with Crippen LogP contribution in [-0.2, 0) is 0 Å². The van der Waals surface area contributed by atoms with Crippen LogP contribution in [0, 0.1) is 24.1 Å². The van der Waals surface area contributed by atoms with Crippen molar-refractivity contribution in [3.05, 3.63) is 63.8 Å². The number of thiophene rings is 1. The van der Waals surface area contributed by atoms with Gasteiger partial charge >= 0.3 is 0 Å². The summed E-state index contributed by atoms with van der Waals surface area (Å²) < 4.78 is 14.5. The highest BCUT2D eigenvalue weighted by Gasteiger charge is 2.23. The fourth-order valence-corrected chi connectivity index (χ4v) is 4.52. The summed E-state index contributed by atoms with van der Waals surface area (Å²) in [5, 5.41) is 21.1. The Morgan fingerprint density at radius 3 is 2.72 bits per heavy atom. The van der Waals surface area contributed by atoms with Crippen LogP contribution in [-0.4, -0.2) is 5.11 Å². The van der Waals surface area contributed by atoms with Crippen molar-refractivity contribution in [3.63, 3.8) is 0 Å². The number of hydrogen-bond acceptors (Lipinski definition) is 3. The van der Waals surface area contributed by atoms with E-state index in [1.165, 1.54) is 23.5 Å². The summed E-state index contributed by atoms with van der Waals surface area (Å²) in [6.07, 6.45) is 2.91. The normalized spacial score (nSPS) is 13.6. The number of fused-ring (bicyclic) bond motifs is 1. The minimum absolute atomic E-state index is 0.287. The van der Waals surface area contributed by atoms with E-state index in [1.54, 1.807) is 12.1 Å². The first-order valence-electron chi connectivity index (χ1n) is 8.23. The van der Waals surface area contributed by atoms with Gasteiger partial charge in [0.2, 0.25) is 0 Å². The molecular formula is C21H16FNOS. The molecule has 0 amide bonds. The zero-order valence-corrected chi connectivity index (χ0v) is 14.6. The number of aliphatic hydroxyl groups is 1. The van der Waals surface area contributed by atoms with E-state index in [9.17, 15) is 14.8 Å². The standard InChI is InChI=1S/C21H16FNOS/c1-12-14(11-23)6-3-7-16(12)19-17-9-8-15(22)10-18(17)25-21(19)20(24)13-4-2-5-13/h3,6-10,24H,2,4-5H2,1H3. The molecule has 1 aliphatic carbocycles. The molecule has 2 nitrogen and oxygen atoms in total. The van der Waals surface area contributed by atoms with Crippen LogP contribution in [0.25, 0.3) is 27.0 Å². The van der Waals surface area contributed by atoms with E-state index in [1.807, 2.05) is 19.1 Å². The predicted molar refractivity (Wildman–Crippen MR) is 100 cm³/mol. The maximum atomic E-state index is 13.7. The maximum Gasteiger partial charge on any atom is 0.132 e. The highest BCUT2D eigenvalue weighted by atomic mass is 32.1. The fourth-order valence-electron chi connectivity index (χ4n) is 3.28. The second-order valence-corrected chi connectivity index (χ2v) is 7.39. The first-order chi connectivity index (χ1) is 12.1. The average Bonchev–Trinajstić information content (AvgIpc) is 2.91. The van der Waals surface area contributed by atoms with E-state index >= 15 is 0 Å². The Balaban J connectivity index is 2.07. The first-order valence-corrected chi connectivity index (χ1v) is 9.05. The molecule has 0 atom stereocenters. The molecule has 0 aliphatic heterocycles. The molecule has 1 saturated carbocycles. The predicted octanol–water partition coefficient (Wildman–Crippen LogP) is 6.34. The van der Waals surface area contributed by atoms with Crippen LogP contribution in [0.5, 0.6) is 0 Å². The molecule has 0 unspecified atom stereocenters. The van der Waals surface area contributed by atoms with Gasteiger partial charge in [0.15, 0.2) is 0 Å². The van der Waals surface area contributed by atoms with Gasteiger partial charge in [-0.25, -0.2) is 4.39 Å². The topological polar surface area (TPSA) is 44.0 Å². The van der Waals surface area contributed by atoms with Crippen molar-refractivity contribution in [2.24, 2.45) is 0 Å². The molecular weight excluding hydrogens is 333 g/mol. The number of nitriles is 1. The summed E-state index contributed by atoms with van der Waals surface area (Å²) in [7, 11) is 0. The number of aliphatic hydroxyl groups excluding tert-OH is 1. The Morgan fingerprint density at radius 2 is 2.04 bits per heavy atom. The first kappa shape index (κ1) is 15.9. The summed E-state index contributed by atoms with van der Waals surface area (Å²) in [6, 6.07) is 12.5. The van der Waals surface area contributed by atoms with Gasteiger partial charge in [0, 0.05) is 15.6 Å². The maximum absolute atomic E-state index is 13.7. The lowest BCUT2D eigenvalue weighted by Crippen LogP contribution is -2.01. The van der Waals surface area contributed by atoms with Crippen molar-refractivity contribution < 1.29 is 9.50 Å². The fraction of sp³-hybridized carbons (Fsp3) is 0.190. The number of halogens is 1. The van der Waals surface area contributed by atoms with Gasteiger partial charge in [0.05, 0.1) is 16.5 Å². The molecule has 0 radical (unpaired) electrons. The van der Waals surface area contributed by atoms with Gasteiger partial charge in [-0.2, -0.15) is 5.26 Å². The molecule has 1 heterocycles. The van der Waals surface area contributed by atoms with Crippen molar-refractivity contribution >= 4 is 27.2 Å². The Labute approximate surface area is 149 Å². The third-order valence-electron chi connectivity index (χ3n) is 4.88. The van der Waals surface area contributed by atoms with Crippen molar-refractivity contribution in [3.8, 4) is 17.2 Å². The molecule has 1 aliphatic rings.